The van der Waals surface area contributed by atoms with Gasteiger partial charge in [0, 0.05) is 30.8 Å². The van der Waals surface area contributed by atoms with Gasteiger partial charge in [-0.3, -0.25) is 14.9 Å². The van der Waals surface area contributed by atoms with Crippen molar-refractivity contribution in [3.8, 4) is 0 Å². The molecule has 2 rings (SSSR count). The number of benzene rings is 1. The lowest BCUT2D eigenvalue weighted by Gasteiger charge is -2.31. The van der Waals surface area contributed by atoms with E-state index in [9.17, 15) is 14.9 Å². The van der Waals surface area contributed by atoms with Gasteiger partial charge in [0.1, 0.15) is 0 Å². The van der Waals surface area contributed by atoms with Crippen LogP contribution in [0.25, 0.3) is 0 Å². The van der Waals surface area contributed by atoms with Crippen molar-refractivity contribution in [2.24, 2.45) is 11.7 Å². The summed E-state index contributed by atoms with van der Waals surface area (Å²) in [6.07, 6.45) is 1.80. The van der Waals surface area contributed by atoms with E-state index in [2.05, 4.69) is 0 Å². The summed E-state index contributed by atoms with van der Waals surface area (Å²) >= 11 is 0. The van der Waals surface area contributed by atoms with Crippen LogP contribution in [-0.4, -0.2) is 35.4 Å². The second kappa shape index (κ2) is 6.00. The van der Waals surface area contributed by atoms with E-state index in [1.807, 2.05) is 0 Å². The van der Waals surface area contributed by atoms with Gasteiger partial charge in [-0.2, -0.15) is 0 Å². The van der Waals surface area contributed by atoms with Gasteiger partial charge in [-0.15, -0.1) is 0 Å². The molecule has 1 aromatic carbocycles. The quantitative estimate of drug-likeness (QED) is 0.672. The zero-order valence-corrected chi connectivity index (χ0v) is 11.5. The molecule has 1 heterocycles. The van der Waals surface area contributed by atoms with Crippen LogP contribution in [0.1, 0.15) is 28.8 Å². The van der Waals surface area contributed by atoms with Gasteiger partial charge < -0.3 is 10.6 Å². The molecule has 0 atom stereocenters. The maximum absolute atomic E-state index is 12.4. The molecule has 6 heteroatoms. The highest BCUT2D eigenvalue weighted by Crippen LogP contribution is 2.21. The minimum absolute atomic E-state index is 0.0369. The molecule has 0 radical (unpaired) electrons. The van der Waals surface area contributed by atoms with Gasteiger partial charge in [0.25, 0.3) is 11.6 Å². The number of rotatable bonds is 3. The Balaban J connectivity index is 2.15. The summed E-state index contributed by atoms with van der Waals surface area (Å²) in [5.41, 5.74) is 6.71. The molecular formula is C14H19N3O3. The standard InChI is InChI=1S/C14H19N3O3/c1-10-6-12(8-13(7-10)17(19)20)14(18)16-4-2-11(9-15)3-5-16/h6-8,11H,2-5,9,15H2,1H3. The van der Waals surface area contributed by atoms with E-state index in [-0.39, 0.29) is 11.6 Å². The van der Waals surface area contributed by atoms with Crippen LogP contribution in [0.15, 0.2) is 18.2 Å². The lowest BCUT2D eigenvalue weighted by Crippen LogP contribution is -2.40. The van der Waals surface area contributed by atoms with Gasteiger partial charge in [-0.05, 0) is 43.9 Å². The average molecular weight is 277 g/mol. The Bertz CT molecular complexity index is 522. The van der Waals surface area contributed by atoms with Crippen molar-refractivity contribution in [3.63, 3.8) is 0 Å². The van der Waals surface area contributed by atoms with Crippen LogP contribution in [0.3, 0.4) is 0 Å². The van der Waals surface area contributed by atoms with Crippen LogP contribution in [0, 0.1) is 23.0 Å². The molecule has 6 nitrogen and oxygen atoms in total. The third kappa shape index (κ3) is 3.14. The number of aryl methyl sites for hydroxylation is 1. The first-order valence-electron chi connectivity index (χ1n) is 6.76. The Labute approximate surface area is 117 Å². The number of hydrogen-bond donors (Lipinski definition) is 1. The van der Waals surface area contributed by atoms with Crippen molar-refractivity contribution in [3.05, 3.63) is 39.4 Å². The summed E-state index contributed by atoms with van der Waals surface area (Å²) in [7, 11) is 0. The Kier molecular flexibility index (Phi) is 4.34. The SMILES string of the molecule is Cc1cc(C(=O)N2CCC(CN)CC2)cc([N+](=O)[O-])c1. The highest BCUT2D eigenvalue weighted by molar-refractivity contribution is 5.95. The number of likely N-dealkylation sites (tertiary alicyclic amines) is 1. The number of amides is 1. The number of hydrogen-bond acceptors (Lipinski definition) is 4. The molecule has 0 aromatic heterocycles. The summed E-state index contributed by atoms with van der Waals surface area (Å²) < 4.78 is 0. The van der Waals surface area contributed by atoms with Crippen molar-refractivity contribution >= 4 is 11.6 Å². The Morgan fingerprint density at radius 2 is 2.05 bits per heavy atom. The fraction of sp³-hybridized carbons (Fsp3) is 0.500. The molecule has 0 saturated carbocycles. The normalized spacial score (nSPS) is 16.2. The van der Waals surface area contributed by atoms with Gasteiger partial charge in [0.2, 0.25) is 0 Å². The monoisotopic (exact) mass is 277 g/mol. The molecule has 1 aromatic rings. The van der Waals surface area contributed by atoms with Gasteiger partial charge >= 0.3 is 0 Å². The molecule has 0 unspecified atom stereocenters. The van der Waals surface area contributed by atoms with Gasteiger partial charge in [-0.25, -0.2) is 0 Å². The summed E-state index contributed by atoms with van der Waals surface area (Å²) in [4.78, 5) is 24.5. The highest BCUT2D eigenvalue weighted by Gasteiger charge is 2.24. The van der Waals surface area contributed by atoms with Gasteiger partial charge in [-0.1, -0.05) is 0 Å². The second-order valence-corrected chi connectivity index (χ2v) is 5.29. The van der Waals surface area contributed by atoms with Gasteiger partial charge in [0.05, 0.1) is 4.92 Å². The molecule has 1 aliphatic rings. The van der Waals surface area contributed by atoms with Crippen LogP contribution in [0.2, 0.25) is 0 Å². The Morgan fingerprint density at radius 3 is 2.60 bits per heavy atom. The number of carbonyl (C=O) groups is 1. The molecule has 0 spiro atoms. The zero-order valence-electron chi connectivity index (χ0n) is 11.5. The number of non-ortho nitro benzene ring substituents is 1. The van der Waals surface area contributed by atoms with Crippen LogP contribution >= 0.6 is 0 Å². The van der Waals surface area contributed by atoms with Crippen LogP contribution in [0.5, 0.6) is 0 Å². The van der Waals surface area contributed by atoms with Crippen molar-refractivity contribution in [1.29, 1.82) is 0 Å². The van der Waals surface area contributed by atoms with Gasteiger partial charge in [0.15, 0.2) is 0 Å². The lowest BCUT2D eigenvalue weighted by molar-refractivity contribution is -0.384. The van der Waals surface area contributed by atoms with E-state index < -0.39 is 4.92 Å². The number of nitrogens with zero attached hydrogens (tertiary/aromatic N) is 2. The van der Waals surface area contributed by atoms with E-state index >= 15 is 0 Å². The van der Waals surface area contributed by atoms with E-state index in [0.29, 0.717) is 31.1 Å². The number of nitro benzene ring substituents is 1. The molecule has 1 saturated heterocycles. The molecule has 20 heavy (non-hydrogen) atoms. The maximum atomic E-state index is 12.4. The zero-order chi connectivity index (χ0) is 14.7. The summed E-state index contributed by atoms with van der Waals surface area (Å²) in [5, 5.41) is 10.9. The van der Waals surface area contributed by atoms with Crippen molar-refractivity contribution in [2.75, 3.05) is 19.6 Å². The number of nitrogens with two attached hydrogens (primary N) is 1. The molecular weight excluding hydrogens is 258 g/mol. The van der Waals surface area contributed by atoms with Crippen molar-refractivity contribution in [1.82, 2.24) is 4.90 Å². The smallest absolute Gasteiger partial charge is 0.270 e. The highest BCUT2D eigenvalue weighted by atomic mass is 16.6. The summed E-state index contributed by atoms with van der Waals surface area (Å²) in [5.74, 6) is 0.346. The minimum Gasteiger partial charge on any atom is -0.339 e. The minimum atomic E-state index is -0.468. The fourth-order valence-corrected chi connectivity index (χ4v) is 2.55. The number of piperidine rings is 1. The predicted octanol–water partition coefficient (Wildman–Crippen LogP) is 1.71. The van der Waals surface area contributed by atoms with E-state index in [1.165, 1.54) is 12.1 Å². The predicted molar refractivity (Wildman–Crippen MR) is 75.5 cm³/mol. The van der Waals surface area contributed by atoms with E-state index in [4.69, 9.17) is 5.73 Å². The topological polar surface area (TPSA) is 89.5 Å². The summed E-state index contributed by atoms with van der Waals surface area (Å²) in [6, 6.07) is 4.52. The number of carbonyl (C=O) groups excluding carboxylic acids is 1. The third-order valence-electron chi connectivity index (χ3n) is 3.75. The Morgan fingerprint density at radius 1 is 1.40 bits per heavy atom. The first kappa shape index (κ1) is 14.5. The average Bonchev–Trinajstić information content (AvgIpc) is 2.46. The van der Waals surface area contributed by atoms with Crippen molar-refractivity contribution < 1.29 is 9.72 Å². The second-order valence-electron chi connectivity index (χ2n) is 5.29. The van der Waals surface area contributed by atoms with Crippen LogP contribution in [-0.2, 0) is 0 Å². The first-order chi connectivity index (χ1) is 9.51. The van der Waals surface area contributed by atoms with Crippen LogP contribution < -0.4 is 5.73 Å². The molecule has 0 aliphatic carbocycles. The lowest BCUT2D eigenvalue weighted by atomic mass is 9.96. The molecule has 2 N–H and O–H groups in total. The number of nitro groups is 1. The fourth-order valence-electron chi connectivity index (χ4n) is 2.55. The molecule has 108 valence electrons. The third-order valence-corrected chi connectivity index (χ3v) is 3.75. The molecule has 1 aliphatic heterocycles. The molecule has 1 fully saturated rings. The van der Waals surface area contributed by atoms with Crippen molar-refractivity contribution in [2.45, 2.75) is 19.8 Å². The molecule has 0 bridgehead atoms. The summed E-state index contributed by atoms with van der Waals surface area (Å²) in [6.45, 7) is 3.74. The molecule has 1 amide bonds. The Hall–Kier alpha value is -1.95. The maximum Gasteiger partial charge on any atom is 0.270 e. The van der Waals surface area contributed by atoms with Crippen LogP contribution in [0.4, 0.5) is 5.69 Å². The first-order valence-corrected chi connectivity index (χ1v) is 6.76. The van der Waals surface area contributed by atoms with E-state index in [1.54, 1.807) is 17.9 Å². The van der Waals surface area contributed by atoms with E-state index in [0.717, 1.165) is 18.4 Å². The largest absolute Gasteiger partial charge is 0.339 e.